The smallest absolute Gasteiger partial charge is 0.156 e. The fourth-order valence-electron chi connectivity index (χ4n) is 9.69. The summed E-state index contributed by atoms with van der Waals surface area (Å²) in [6.07, 6.45) is 12.0. The second kappa shape index (κ2) is 9.34. The van der Waals surface area contributed by atoms with Gasteiger partial charge in [-0.05, 0) is 109 Å². The number of allylic oxidation sites excluding steroid dienone is 4. The Labute approximate surface area is 243 Å². The molecule has 0 spiro atoms. The molecule has 0 saturated heterocycles. The van der Waals surface area contributed by atoms with Crippen LogP contribution in [-0.2, 0) is 9.59 Å². The average molecular weight is 542 g/mol. The highest BCUT2D eigenvalue weighted by Gasteiger charge is 2.61. The minimum atomic E-state index is 0.0329. The van der Waals surface area contributed by atoms with E-state index < -0.39 is 0 Å². The van der Waals surface area contributed by atoms with Crippen molar-refractivity contribution in [2.75, 3.05) is 0 Å². The van der Waals surface area contributed by atoms with Crippen molar-refractivity contribution < 1.29 is 9.59 Å². The lowest BCUT2D eigenvalue weighted by atomic mass is 9.51. The summed E-state index contributed by atoms with van der Waals surface area (Å²) in [5.74, 6) is 3.19. The molecule has 0 unspecified atom stereocenters. The zero-order chi connectivity index (χ0) is 27.9. The molecule has 8 rings (SSSR count). The topological polar surface area (TPSA) is 47.0 Å². The van der Waals surface area contributed by atoms with Gasteiger partial charge in [-0.15, -0.1) is 0 Å². The van der Waals surface area contributed by atoms with E-state index in [-0.39, 0.29) is 17.1 Å². The van der Waals surface area contributed by atoms with Crippen molar-refractivity contribution in [3.63, 3.8) is 0 Å². The van der Waals surface area contributed by atoms with E-state index in [1.807, 2.05) is 18.3 Å². The van der Waals surface area contributed by atoms with Crippen LogP contribution >= 0.6 is 0 Å². The average Bonchev–Trinajstić information content (AvgIpc) is 3.80. The number of fused-ring (bicyclic) bond motifs is 5. The van der Waals surface area contributed by atoms with Gasteiger partial charge in [0.05, 0.1) is 5.52 Å². The van der Waals surface area contributed by atoms with E-state index in [1.165, 1.54) is 28.7 Å². The fourth-order valence-corrected chi connectivity index (χ4v) is 9.69. The summed E-state index contributed by atoms with van der Waals surface area (Å²) in [6.45, 7) is 4.83. The van der Waals surface area contributed by atoms with Crippen molar-refractivity contribution in [3.8, 4) is 11.1 Å². The SMILES string of the molecule is C[C@@H]1C[C@H]2[C@@H]3CCC4=CC(=O)CCC4=C3[C@@H](c3ccc(-c4cnc5ccccc5c4)cc3)C[C@]2(C)[C@H]1C(=O)C1CC1. The van der Waals surface area contributed by atoms with E-state index in [0.717, 1.165) is 55.0 Å². The first kappa shape index (κ1) is 25.4. The molecule has 1 aromatic heterocycles. The van der Waals surface area contributed by atoms with Gasteiger partial charge in [0.2, 0.25) is 0 Å². The molecule has 0 radical (unpaired) electrons. The molecule has 2 aromatic carbocycles. The van der Waals surface area contributed by atoms with Gasteiger partial charge in [0, 0.05) is 41.3 Å². The van der Waals surface area contributed by atoms with E-state index in [2.05, 4.69) is 62.4 Å². The van der Waals surface area contributed by atoms with Gasteiger partial charge in [-0.3, -0.25) is 14.6 Å². The molecule has 0 aliphatic heterocycles. The van der Waals surface area contributed by atoms with Crippen LogP contribution in [0.5, 0.6) is 0 Å². The maximum Gasteiger partial charge on any atom is 0.156 e. The van der Waals surface area contributed by atoms with Gasteiger partial charge in [-0.1, -0.05) is 61.9 Å². The number of para-hydroxylation sites is 1. The second-order valence-electron chi connectivity index (χ2n) is 14.0. The number of nitrogens with zero attached hydrogens (tertiary/aromatic N) is 1. The summed E-state index contributed by atoms with van der Waals surface area (Å²) >= 11 is 0. The van der Waals surface area contributed by atoms with E-state index >= 15 is 0 Å². The first-order valence-electron chi connectivity index (χ1n) is 15.9. The normalized spacial score (nSPS) is 32.8. The third kappa shape index (κ3) is 4.02. The molecule has 0 N–H and O–H groups in total. The zero-order valence-corrected chi connectivity index (χ0v) is 24.2. The minimum absolute atomic E-state index is 0.0329. The van der Waals surface area contributed by atoms with Crippen molar-refractivity contribution >= 4 is 22.5 Å². The van der Waals surface area contributed by atoms with Crippen LogP contribution in [0.1, 0.15) is 76.7 Å². The van der Waals surface area contributed by atoms with Crippen molar-refractivity contribution in [2.45, 2.75) is 71.1 Å². The van der Waals surface area contributed by atoms with E-state index in [0.29, 0.717) is 41.8 Å². The van der Waals surface area contributed by atoms with Gasteiger partial charge in [-0.25, -0.2) is 0 Å². The lowest BCUT2D eigenvalue weighted by Crippen LogP contribution is -2.45. The molecule has 3 aromatic rings. The van der Waals surface area contributed by atoms with Crippen LogP contribution in [0, 0.1) is 35.0 Å². The molecule has 1 heterocycles. The number of pyridine rings is 1. The van der Waals surface area contributed by atoms with Crippen molar-refractivity contribution in [3.05, 3.63) is 89.2 Å². The Kier molecular flexibility index (Phi) is 5.78. The van der Waals surface area contributed by atoms with Gasteiger partial charge >= 0.3 is 0 Å². The first-order chi connectivity index (χ1) is 19.9. The Morgan fingerprint density at radius 2 is 1.76 bits per heavy atom. The highest BCUT2D eigenvalue weighted by atomic mass is 16.1. The number of rotatable bonds is 4. The first-order valence-corrected chi connectivity index (χ1v) is 15.9. The monoisotopic (exact) mass is 541 g/mol. The Balaban J connectivity index is 1.22. The largest absolute Gasteiger partial charge is 0.299 e. The van der Waals surface area contributed by atoms with Crippen molar-refractivity contribution in [1.82, 2.24) is 4.98 Å². The van der Waals surface area contributed by atoms with Crippen LogP contribution in [0.25, 0.3) is 22.0 Å². The number of ketones is 2. The number of carbonyl (C=O) groups excluding carboxylic acids is 2. The third-order valence-electron chi connectivity index (χ3n) is 11.6. The van der Waals surface area contributed by atoms with Gasteiger partial charge in [-0.2, -0.15) is 0 Å². The lowest BCUT2D eigenvalue weighted by Gasteiger charge is -2.52. The number of carbonyl (C=O) groups is 2. The maximum absolute atomic E-state index is 13.8. The number of hydrogen-bond donors (Lipinski definition) is 0. The Bertz CT molecular complexity index is 1640. The molecular weight excluding hydrogens is 502 g/mol. The molecule has 3 nitrogen and oxygen atoms in total. The van der Waals surface area contributed by atoms with Gasteiger partial charge in [0.1, 0.15) is 5.78 Å². The molecule has 41 heavy (non-hydrogen) atoms. The van der Waals surface area contributed by atoms with Gasteiger partial charge in [0.15, 0.2) is 5.78 Å². The number of Topliss-reactive ketones (excluding diaryl/α,β-unsaturated/α-hetero) is 1. The summed E-state index contributed by atoms with van der Waals surface area (Å²) in [7, 11) is 0. The number of hydrogen-bond acceptors (Lipinski definition) is 3. The van der Waals surface area contributed by atoms with Crippen LogP contribution in [-0.4, -0.2) is 16.6 Å². The number of aromatic nitrogens is 1. The Morgan fingerprint density at radius 1 is 0.951 bits per heavy atom. The lowest BCUT2D eigenvalue weighted by molar-refractivity contribution is -0.130. The highest BCUT2D eigenvalue weighted by Crippen LogP contribution is 2.67. The van der Waals surface area contributed by atoms with E-state index in [9.17, 15) is 9.59 Å². The fraction of sp³-hybridized carbons (Fsp3) is 0.447. The molecule has 3 heteroatoms. The van der Waals surface area contributed by atoms with Crippen LogP contribution in [0.4, 0.5) is 0 Å². The standard InChI is InChI=1S/C38H39NO2/c1-22-17-33-31-15-13-26-19-29(40)14-16-30(26)35(31)32(20-38(33,2)36(22)37(41)25-11-12-25)24-9-7-23(8-10-24)28-18-27-5-3-4-6-34(27)39-21-28/h3-10,18-19,21-22,25,31-33,36H,11-17,20H2,1-2H3/t22-,31+,32-,33+,36-,38+/m1/s1. The van der Waals surface area contributed by atoms with Crippen LogP contribution in [0.2, 0.25) is 0 Å². The minimum Gasteiger partial charge on any atom is -0.299 e. The second-order valence-corrected chi connectivity index (χ2v) is 14.0. The predicted octanol–water partition coefficient (Wildman–Crippen LogP) is 8.64. The molecule has 6 atom stereocenters. The molecule has 5 aliphatic rings. The summed E-state index contributed by atoms with van der Waals surface area (Å²) in [6, 6.07) is 19.7. The number of benzene rings is 2. The molecule has 0 amide bonds. The van der Waals surface area contributed by atoms with Gasteiger partial charge in [0.25, 0.3) is 0 Å². The molecule has 3 saturated carbocycles. The van der Waals surface area contributed by atoms with Crippen LogP contribution < -0.4 is 0 Å². The molecule has 3 fully saturated rings. The highest BCUT2D eigenvalue weighted by molar-refractivity contribution is 5.93. The van der Waals surface area contributed by atoms with E-state index in [1.54, 1.807) is 5.57 Å². The van der Waals surface area contributed by atoms with Crippen molar-refractivity contribution in [1.29, 1.82) is 0 Å². The summed E-state index contributed by atoms with van der Waals surface area (Å²) in [4.78, 5) is 30.9. The van der Waals surface area contributed by atoms with Crippen molar-refractivity contribution in [2.24, 2.45) is 35.0 Å². The zero-order valence-electron chi connectivity index (χ0n) is 24.2. The third-order valence-corrected chi connectivity index (χ3v) is 11.6. The molecular formula is C38H39NO2. The van der Waals surface area contributed by atoms with E-state index in [4.69, 9.17) is 4.98 Å². The molecule has 5 aliphatic carbocycles. The Hall–Kier alpha value is -3.33. The quantitative estimate of drug-likeness (QED) is 0.332. The molecule has 0 bridgehead atoms. The summed E-state index contributed by atoms with van der Waals surface area (Å²) in [5, 5.41) is 1.16. The van der Waals surface area contributed by atoms with Gasteiger partial charge < -0.3 is 0 Å². The molecule has 208 valence electrons. The van der Waals surface area contributed by atoms with Crippen LogP contribution in [0.15, 0.2) is 83.6 Å². The Morgan fingerprint density at radius 3 is 2.56 bits per heavy atom. The summed E-state index contributed by atoms with van der Waals surface area (Å²) in [5.41, 5.74) is 9.14. The summed E-state index contributed by atoms with van der Waals surface area (Å²) < 4.78 is 0. The predicted molar refractivity (Wildman–Crippen MR) is 163 cm³/mol. The van der Waals surface area contributed by atoms with Crippen LogP contribution in [0.3, 0.4) is 0 Å². The maximum atomic E-state index is 13.8.